The van der Waals surface area contributed by atoms with Crippen LogP contribution < -0.4 is 5.32 Å². The fourth-order valence-corrected chi connectivity index (χ4v) is 1.54. The molecule has 0 aliphatic carbocycles. The molecule has 1 atom stereocenters. The summed E-state index contributed by atoms with van der Waals surface area (Å²) in [5.41, 5.74) is 1.22. The first-order chi connectivity index (χ1) is 7.72. The molecule has 0 bridgehead atoms. The zero-order valence-electron chi connectivity index (χ0n) is 9.65. The van der Waals surface area contributed by atoms with Crippen LogP contribution in [0.5, 0.6) is 0 Å². The molecule has 0 aliphatic rings. The van der Waals surface area contributed by atoms with Crippen LogP contribution in [0.15, 0.2) is 30.3 Å². The molecule has 0 heterocycles. The summed E-state index contributed by atoms with van der Waals surface area (Å²) in [7, 11) is 1.61. The van der Waals surface area contributed by atoms with Gasteiger partial charge in [-0.2, -0.15) is 0 Å². The van der Waals surface area contributed by atoms with Crippen molar-refractivity contribution in [1.82, 2.24) is 5.32 Å². The standard InChI is InChI=1S/C13H19NO2/c1-14-13(16)10-9-12(15)8-7-11-5-3-2-4-6-11/h2-6,12,15H,7-10H2,1H3,(H,14,16). The van der Waals surface area contributed by atoms with E-state index in [1.165, 1.54) is 5.56 Å². The van der Waals surface area contributed by atoms with Crippen LogP contribution in [0.3, 0.4) is 0 Å². The molecule has 3 heteroatoms. The molecule has 1 amide bonds. The van der Waals surface area contributed by atoms with E-state index in [9.17, 15) is 9.90 Å². The number of aliphatic hydroxyl groups is 1. The van der Waals surface area contributed by atoms with Gasteiger partial charge in [0.2, 0.25) is 5.91 Å². The van der Waals surface area contributed by atoms with E-state index < -0.39 is 6.10 Å². The SMILES string of the molecule is CNC(=O)CCC(O)CCc1ccccc1. The zero-order chi connectivity index (χ0) is 11.8. The third kappa shape index (κ3) is 4.94. The molecule has 1 unspecified atom stereocenters. The van der Waals surface area contributed by atoms with Gasteiger partial charge < -0.3 is 10.4 Å². The van der Waals surface area contributed by atoms with E-state index in [2.05, 4.69) is 5.32 Å². The Morgan fingerprint density at radius 2 is 2.00 bits per heavy atom. The molecule has 0 aliphatic heterocycles. The molecule has 88 valence electrons. The van der Waals surface area contributed by atoms with Gasteiger partial charge in [-0.05, 0) is 24.8 Å². The number of rotatable bonds is 6. The molecule has 0 saturated carbocycles. The summed E-state index contributed by atoms with van der Waals surface area (Å²) in [6.45, 7) is 0. The van der Waals surface area contributed by atoms with Crippen LogP contribution in [0, 0.1) is 0 Å². The van der Waals surface area contributed by atoms with Crippen molar-refractivity contribution >= 4 is 5.91 Å². The molecule has 3 nitrogen and oxygen atoms in total. The Hall–Kier alpha value is -1.35. The molecule has 1 rings (SSSR count). The lowest BCUT2D eigenvalue weighted by Crippen LogP contribution is -2.20. The van der Waals surface area contributed by atoms with Crippen molar-refractivity contribution in [2.75, 3.05) is 7.05 Å². The van der Waals surface area contributed by atoms with Crippen LogP contribution in [0.4, 0.5) is 0 Å². The topological polar surface area (TPSA) is 49.3 Å². The Bertz CT molecular complexity index is 311. The Morgan fingerprint density at radius 1 is 1.31 bits per heavy atom. The zero-order valence-corrected chi connectivity index (χ0v) is 9.65. The second kappa shape index (κ2) is 7.01. The molecular weight excluding hydrogens is 202 g/mol. The summed E-state index contributed by atoms with van der Waals surface area (Å²) in [6.07, 6.45) is 2.10. The molecule has 1 aromatic rings. The Morgan fingerprint density at radius 3 is 2.62 bits per heavy atom. The highest BCUT2D eigenvalue weighted by Crippen LogP contribution is 2.08. The van der Waals surface area contributed by atoms with E-state index >= 15 is 0 Å². The van der Waals surface area contributed by atoms with Crippen LogP contribution >= 0.6 is 0 Å². The monoisotopic (exact) mass is 221 g/mol. The predicted molar refractivity (Wildman–Crippen MR) is 64.1 cm³/mol. The molecule has 2 N–H and O–H groups in total. The minimum absolute atomic E-state index is 0.0150. The van der Waals surface area contributed by atoms with Crippen LogP contribution in [0.2, 0.25) is 0 Å². The number of nitrogens with one attached hydrogen (secondary N) is 1. The highest BCUT2D eigenvalue weighted by Gasteiger charge is 2.07. The number of amides is 1. The minimum atomic E-state index is -0.391. The number of carbonyl (C=O) groups is 1. The molecule has 0 saturated heterocycles. The van der Waals surface area contributed by atoms with Gasteiger partial charge in [0.15, 0.2) is 0 Å². The molecule has 0 fully saturated rings. The average molecular weight is 221 g/mol. The molecule has 0 spiro atoms. The lowest BCUT2D eigenvalue weighted by atomic mass is 10.0. The van der Waals surface area contributed by atoms with E-state index in [1.807, 2.05) is 30.3 Å². The number of hydrogen-bond acceptors (Lipinski definition) is 2. The number of carbonyl (C=O) groups excluding carboxylic acids is 1. The van der Waals surface area contributed by atoms with Crippen molar-refractivity contribution < 1.29 is 9.90 Å². The van der Waals surface area contributed by atoms with Gasteiger partial charge in [0, 0.05) is 13.5 Å². The third-order valence-corrected chi connectivity index (χ3v) is 2.59. The van der Waals surface area contributed by atoms with Gasteiger partial charge in [0.25, 0.3) is 0 Å². The maximum atomic E-state index is 11.0. The number of hydrogen-bond donors (Lipinski definition) is 2. The third-order valence-electron chi connectivity index (χ3n) is 2.59. The normalized spacial score (nSPS) is 12.1. The summed E-state index contributed by atoms with van der Waals surface area (Å²) in [4.78, 5) is 11.0. The van der Waals surface area contributed by atoms with E-state index in [0.717, 1.165) is 6.42 Å². The van der Waals surface area contributed by atoms with E-state index in [1.54, 1.807) is 7.05 Å². The summed E-state index contributed by atoms with van der Waals surface area (Å²) in [6, 6.07) is 10.1. The Balaban J connectivity index is 2.20. The number of aliphatic hydroxyl groups excluding tert-OH is 1. The van der Waals surface area contributed by atoms with Crippen molar-refractivity contribution in [3.05, 3.63) is 35.9 Å². The number of benzene rings is 1. The quantitative estimate of drug-likeness (QED) is 0.765. The average Bonchev–Trinajstić information content (AvgIpc) is 2.34. The molecule has 1 aromatic carbocycles. The second-order valence-corrected chi connectivity index (χ2v) is 3.89. The van der Waals surface area contributed by atoms with Crippen molar-refractivity contribution in [3.63, 3.8) is 0 Å². The second-order valence-electron chi connectivity index (χ2n) is 3.89. The van der Waals surface area contributed by atoms with Crippen molar-refractivity contribution in [2.45, 2.75) is 31.8 Å². The maximum absolute atomic E-state index is 11.0. The van der Waals surface area contributed by atoms with Gasteiger partial charge in [-0.1, -0.05) is 30.3 Å². The largest absolute Gasteiger partial charge is 0.393 e. The van der Waals surface area contributed by atoms with Crippen molar-refractivity contribution in [3.8, 4) is 0 Å². The Kier molecular flexibility index (Phi) is 5.57. The smallest absolute Gasteiger partial charge is 0.219 e. The van der Waals surface area contributed by atoms with Crippen molar-refractivity contribution in [1.29, 1.82) is 0 Å². The van der Waals surface area contributed by atoms with Crippen LogP contribution in [-0.2, 0) is 11.2 Å². The first-order valence-corrected chi connectivity index (χ1v) is 5.65. The van der Waals surface area contributed by atoms with E-state index in [-0.39, 0.29) is 5.91 Å². The molecule has 0 aromatic heterocycles. The molecule has 0 radical (unpaired) electrons. The summed E-state index contributed by atoms with van der Waals surface area (Å²) in [5, 5.41) is 12.2. The predicted octanol–water partition coefficient (Wildman–Crippen LogP) is 1.51. The van der Waals surface area contributed by atoms with Crippen LogP contribution in [0.1, 0.15) is 24.8 Å². The summed E-state index contributed by atoms with van der Waals surface area (Å²) >= 11 is 0. The van der Waals surface area contributed by atoms with Gasteiger partial charge in [-0.3, -0.25) is 4.79 Å². The first kappa shape index (κ1) is 12.7. The summed E-state index contributed by atoms with van der Waals surface area (Å²) in [5.74, 6) is -0.0150. The lowest BCUT2D eigenvalue weighted by Gasteiger charge is -2.09. The maximum Gasteiger partial charge on any atom is 0.219 e. The van der Waals surface area contributed by atoms with Crippen LogP contribution in [-0.4, -0.2) is 24.2 Å². The van der Waals surface area contributed by atoms with E-state index in [0.29, 0.717) is 19.3 Å². The van der Waals surface area contributed by atoms with Gasteiger partial charge in [0.1, 0.15) is 0 Å². The van der Waals surface area contributed by atoms with Gasteiger partial charge >= 0.3 is 0 Å². The van der Waals surface area contributed by atoms with Crippen molar-refractivity contribution in [2.24, 2.45) is 0 Å². The first-order valence-electron chi connectivity index (χ1n) is 5.65. The van der Waals surface area contributed by atoms with Crippen LogP contribution in [0.25, 0.3) is 0 Å². The fourth-order valence-electron chi connectivity index (χ4n) is 1.54. The highest BCUT2D eigenvalue weighted by atomic mass is 16.3. The fraction of sp³-hybridized carbons (Fsp3) is 0.462. The van der Waals surface area contributed by atoms with Gasteiger partial charge in [0.05, 0.1) is 6.10 Å². The molecule has 16 heavy (non-hydrogen) atoms. The lowest BCUT2D eigenvalue weighted by molar-refractivity contribution is -0.121. The Labute approximate surface area is 96.5 Å². The van der Waals surface area contributed by atoms with Gasteiger partial charge in [-0.15, -0.1) is 0 Å². The summed E-state index contributed by atoms with van der Waals surface area (Å²) < 4.78 is 0. The van der Waals surface area contributed by atoms with Gasteiger partial charge in [-0.25, -0.2) is 0 Å². The van der Waals surface area contributed by atoms with E-state index in [4.69, 9.17) is 0 Å². The molecular formula is C13H19NO2. The minimum Gasteiger partial charge on any atom is -0.393 e. The highest BCUT2D eigenvalue weighted by molar-refractivity contribution is 5.75. The number of aryl methyl sites for hydroxylation is 1.